The third-order valence-electron chi connectivity index (χ3n) is 3.49. The van der Waals surface area contributed by atoms with Gasteiger partial charge in [0, 0.05) is 33.9 Å². The van der Waals surface area contributed by atoms with Gasteiger partial charge in [-0.05, 0) is 24.1 Å². The number of aliphatic imine (C=N–C) groups is 1. The van der Waals surface area contributed by atoms with Crippen molar-refractivity contribution in [2.75, 3.05) is 40.5 Å². The van der Waals surface area contributed by atoms with Crippen molar-refractivity contribution in [2.24, 2.45) is 4.99 Å². The Bertz CT molecular complexity index is 619. The van der Waals surface area contributed by atoms with Crippen molar-refractivity contribution in [2.45, 2.75) is 13.0 Å². The fraction of sp³-hybridized carbons (Fsp3) is 0.471. The third kappa shape index (κ3) is 8.11. The zero-order valence-corrected chi connectivity index (χ0v) is 17.6. The molecule has 1 aromatic heterocycles. The number of nitrogens with zero attached hydrogens (tertiary/aromatic N) is 4. The van der Waals surface area contributed by atoms with Crippen molar-refractivity contribution in [3.05, 3.63) is 42.5 Å². The van der Waals surface area contributed by atoms with Crippen molar-refractivity contribution < 1.29 is 9.47 Å². The van der Waals surface area contributed by atoms with Gasteiger partial charge in [0.1, 0.15) is 12.7 Å². The minimum atomic E-state index is 0. The number of guanidine groups is 1. The lowest BCUT2D eigenvalue weighted by molar-refractivity contribution is 0.0698. The molecule has 144 valence electrons. The van der Waals surface area contributed by atoms with Crippen LogP contribution in [0.5, 0.6) is 0 Å². The molecule has 0 atom stereocenters. The minimum Gasteiger partial charge on any atom is -0.382 e. The third-order valence-corrected chi connectivity index (χ3v) is 3.49. The monoisotopic (exact) mass is 474 g/mol. The summed E-state index contributed by atoms with van der Waals surface area (Å²) in [6.07, 6.45) is 4.11. The number of rotatable bonds is 10. The first-order valence-electron chi connectivity index (χ1n) is 8.28. The summed E-state index contributed by atoms with van der Waals surface area (Å²) in [5.41, 5.74) is 2.15. The maximum atomic E-state index is 5.42. The molecule has 9 heteroatoms. The highest BCUT2D eigenvalue weighted by molar-refractivity contribution is 14.0. The molecule has 0 aliphatic carbocycles. The first-order chi connectivity index (χ1) is 12.3. The van der Waals surface area contributed by atoms with Crippen LogP contribution in [0.1, 0.15) is 12.0 Å². The molecule has 2 rings (SSSR count). The number of hydrogen-bond donors (Lipinski definition) is 2. The van der Waals surface area contributed by atoms with Crippen molar-refractivity contribution in [3.8, 4) is 5.69 Å². The Morgan fingerprint density at radius 1 is 1.15 bits per heavy atom. The molecule has 0 bridgehead atoms. The number of nitrogens with one attached hydrogen (secondary N) is 2. The molecule has 0 spiro atoms. The molecule has 1 aromatic carbocycles. The molecule has 0 fully saturated rings. The largest absolute Gasteiger partial charge is 0.382 e. The molecular weight excluding hydrogens is 447 g/mol. The van der Waals surface area contributed by atoms with Crippen LogP contribution >= 0.6 is 24.0 Å². The molecule has 1 heterocycles. The second kappa shape index (κ2) is 13.5. The van der Waals surface area contributed by atoms with E-state index in [1.807, 2.05) is 12.1 Å². The molecular formula is C17H27IN6O2. The van der Waals surface area contributed by atoms with Crippen LogP contribution in [0.15, 0.2) is 41.9 Å². The lowest BCUT2D eigenvalue weighted by Crippen LogP contribution is -2.37. The lowest BCUT2D eigenvalue weighted by Gasteiger charge is -2.12. The van der Waals surface area contributed by atoms with Gasteiger partial charge < -0.3 is 20.1 Å². The van der Waals surface area contributed by atoms with Gasteiger partial charge in [-0.3, -0.25) is 4.99 Å². The Balaban J connectivity index is 0.00000338. The highest BCUT2D eigenvalue weighted by atomic mass is 127. The van der Waals surface area contributed by atoms with E-state index in [0.29, 0.717) is 26.4 Å². The van der Waals surface area contributed by atoms with Crippen LogP contribution in [-0.4, -0.2) is 61.2 Å². The Morgan fingerprint density at radius 3 is 2.62 bits per heavy atom. The average molecular weight is 474 g/mol. The van der Waals surface area contributed by atoms with Crippen LogP contribution in [0.2, 0.25) is 0 Å². The van der Waals surface area contributed by atoms with Gasteiger partial charge in [0.25, 0.3) is 0 Å². The highest BCUT2D eigenvalue weighted by Gasteiger charge is 2.00. The van der Waals surface area contributed by atoms with E-state index >= 15 is 0 Å². The Kier molecular flexibility index (Phi) is 11.6. The lowest BCUT2D eigenvalue weighted by atomic mass is 10.2. The van der Waals surface area contributed by atoms with Gasteiger partial charge in [0.05, 0.1) is 18.9 Å². The van der Waals surface area contributed by atoms with Crippen LogP contribution < -0.4 is 10.6 Å². The first-order valence-corrected chi connectivity index (χ1v) is 8.28. The van der Waals surface area contributed by atoms with E-state index in [9.17, 15) is 0 Å². The molecule has 0 unspecified atom stereocenters. The quantitative estimate of drug-likeness (QED) is 0.236. The number of halogens is 1. The molecule has 0 saturated heterocycles. The van der Waals surface area contributed by atoms with E-state index in [2.05, 4.69) is 37.8 Å². The fourth-order valence-electron chi connectivity index (χ4n) is 2.14. The van der Waals surface area contributed by atoms with Gasteiger partial charge in [-0.25, -0.2) is 9.67 Å². The van der Waals surface area contributed by atoms with Crippen molar-refractivity contribution in [1.29, 1.82) is 0 Å². The molecule has 0 aliphatic rings. The topological polar surface area (TPSA) is 85.6 Å². The number of benzene rings is 1. The van der Waals surface area contributed by atoms with E-state index in [4.69, 9.17) is 9.47 Å². The molecule has 2 aromatic rings. The minimum absolute atomic E-state index is 0. The molecule has 0 saturated carbocycles. The Hall–Kier alpha value is -1.72. The predicted molar refractivity (Wildman–Crippen MR) is 112 cm³/mol. The van der Waals surface area contributed by atoms with Crippen LogP contribution in [0.3, 0.4) is 0 Å². The fourth-order valence-corrected chi connectivity index (χ4v) is 2.14. The number of ether oxygens (including phenoxy) is 2. The van der Waals surface area contributed by atoms with E-state index in [-0.39, 0.29) is 24.0 Å². The zero-order chi connectivity index (χ0) is 17.7. The maximum absolute atomic E-state index is 5.42. The molecule has 2 N–H and O–H groups in total. The summed E-state index contributed by atoms with van der Waals surface area (Å²) in [5, 5.41) is 10.7. The van der Waals surface area contributed by atoms with E-state index < -0.39 is 0 Å². The molecule has 8 nitrogen and oxygen atoms in total. The number of aromatic nitrogens is 3. The first kappa shape index (κ1) is 22.3. The van der Waals surface area contributed by atoms with Crippen LogP contribution in [0.4, 0.5) is 0 Å². The summed E-state index contributed by atoms with van der Waals surface area (Å²) in [6, 6.07) is 8.14. The van der Waals surface area contributed by atoms with Crippen molar-refractivity contribution >= 4 is 29.9 Å². The van der Waals surface area contributed by atoms with Gasteiger partial charge >= 0.3 is 0 Å². The zero-order valence-electron chi connectivity index (χ0n) is 15.2. The van der Waals surface area contributed by atoms with Crippen molar-refractivity contribution in [3.63, 3.8) is 0 Å². The molecule has 26 heavy (non-hydrogen) atoms. The predicted octanol–water partition coefficient (Wildman–Crippen LogP) is 1.60. The molecule has 0 radical (unpaired) electrons. The molecule has 0 amide bonds. The van der Waals surface area contributed by atoms with Gasteiger partial charge in [0.15, 0.2) is 5.96 Å². The van der Waals surface area contributed by atoms with Gasteiger partial charge in [-0.2, -0.15) is 5.10 Å². The summed E-state index contributed by atoms with van der Waals surface area (Å²) in [4.78, 5) is 8.17. The van der Waals surface area contributed by atoms with Gasteiger partial charge in [-0.1, -0.05) is 12.1 Å². The standard InChI is InChI=1S/C17H26N6O2.HI/c1-18-17(20-8-3-9-25-11-10-24-2)21-12-15-4-6-16(7-5-15)23-14-19-13-22-23;/h4-7,13-14H,3,8-12H2,1-2H3,(H2,18,20,21);1H. The van der Waals surface area contributed by atoms with Crippen LogP contribution in [0.25, 0.3) is 5.69 Å². The van der Waals surface area contributed by atoms with Crippen molar-refractivity contribution in [1.82, 2.24) is 25.4 Å². The second-order valence-electron chi connectivity index (χ2n) is 5.32. The summed E-state index contributed by atoms with van der Waals surface area (Å²) in [6.45, 7) is 3.47. The Morgan fingerprint density at radius 2 is 1.96 bits per heavy atom. The maximum Gasteiger partial charge on any atom is 0.191 e. The average Bonchev–Trinajstić information content (AvgIpc) is 3.18. The van der Waals surface area contributed by atoms with E-state index in [1.165, 1.54) is 6.33 Å². The summed E-state index contributed by atoms with van der Waals surface area (Å²) >= 11 is 0. The summed E-state index contributed by atoms with van der Waals surface area (Å²) in [5.74, 6) is 0.775. The Labute approximate surface area is 171 Å². The second-order valence-corrected chi connectivity index (χ2v) is 5.32. The van der Waals surface area contributed by atoms with Gasteiger partial charge in [-0.15, -0.1) is 24.0 Å². The number of hydrogen-bond acceptors (Lipinski definition) is 5. The smallest absolute Gasteiger partial charge is 0.191 e. The van der Waals surface area contributed by atoms with Gasteiger partial charge in [0.2, 0.25) is 0 Å². The summed E-state index contributed by atoms with van der Waals surface area (Å²) < 4.78 is 12.1. The van der Waals surface area contributed by atoms with Crippen LogP contribution in [0, 0.1) is 0 Å². The SMILES string of the molecule is CN=C(NCCCOCCOC)NCc1ccc(-n2cncn2)cc1.I. The summed E-state index contributed by atoms with van der Waals surface area (Å²) in [7, 11) is 3.43. The number of methoxy groups -OCH3 is 1. The van der Waals surface area contributed by atoms with Crippen LogP contribution in [-0.2, 0) is 16.0 Å². The normalized spacial score (nSPS) is 11.1. The van der Waals surface area contributed by atoms with E-state index in [0.717, 1.165) is 30.2 Å². The molecule has 0 aliphatic heterocycles. The van der Waals surface area contributed by atoms with E-state index in [1.54, 1.807) is 25.2 Å². The highest BCUT2D eigenvalue weighted by Crippen LogP contribution is 2.07.